The van der Waals surface area contributed by atoms with Gasteiger partial charge < -0.3 is 9.15 Å². The van der Waals surface area contributed by atoms with E-state index >= 15 is 0 Å². The summed E-state index contributed by atoms with van der Waals surface area (Å²) >= 11 is 0. The van der Waals surface area contributed by atoms with Gasteiger partial charge in [-0.2, -0.15) is 0 Å². The number of para-hydroxylation sites is 3. The van der Waals surface area contributed by atoms with E-state index in [0.29, 0.717) is 5.82 Å². The Kier molecular flexibility index (Phi) is 8.01. The summed E-state index contributed by atoms with van der Waals surface area (Å²) in [7, 11) is 0. The maximum atomic E-state index is 6.86. The molecular formula is C58H39N3O2. The highest BCUT2D eigenvalue weighted by Gasteiger charge is 2.51. The van der Waals surface area contributed by atoms with Crippen LogP contribution in [-0.2, 0) is 5.41 Å². The first kappa shape index (κ1) is 35.8. The minimum Gasteiger partial charge on any atom is -0.457 e. The summed E-state index contributed by atoms with van der Waals surface area (Å²) in [6.07, 6.45) is 13.8. The quantitative estimate of drug-likeness (QED) is 0.173. The normalized spacial score (nSPS) is 16.7. The Labute approximate surface area is 365 Å². The number of ether oxygens (including phenoxy) is 1. The SMILES string of the molecule is C1=C[C@H](c2nc(C3=CC(c4ccc5c(c4)Oc4ccccc4C54c5ccccc5-c5ccccc54)=CCC3)nc(-c3ccccc3)n2)CC=C1c1cccc2c1oc1ccccc12. The van der Waals surface area contributed by atoms with Crippen molar-refractivity contribution in [3.05, 3.63) is 239 Å². The lowest BCUT2D eigenvalue weighted by Gasteiger charge is -2.39. The molecule has 0 unspecified atom stereocenters. The van der Waals surface area contributed by atoms with Crippen LogP contribution in [-0.4, -0.2) is 15.0 Å². The van der Waals surface area contributed by atoms with Crippen LogP contribution in [0.15, 0.2) is 199 Å². The summed E-state index contributed by atoms with van der Waals surface area (Å²) in [5.41, 5.74) is 15.3. The van der Waals surface area contributed by atoms with Gasteiger partial charge in [0.05, 0.1) is 5.41 Å². The van der Waals surface area contributed by atoms with E-state index in [9.17, 15) is 0 Å². The van der Waals surface area contributed by atoms with Gasteiger partial charge in [-0.05, 0) is 88.1 Å². The second-order valence-electron chi connectivity index (χ2n) is 16.9. The van der Waals surface area contributed by atoms with E-state index in [1.165, 1.54) is 27.8 Å². The van der Waals surface area contributed by atoms with Crippen LogP contribution in [0.3, 0.4) is 0 Å². The average Bonchev–Trinajstić information content (AvgIpc) is 3.88. The molecule has 1 spiro atoms. The van der Waals surface area contributed by atoms with Crippen LogP contribution in [0.2, 0.25) is 0 Å². The van der Waals surface area contributed by atoms with Crippen LogP contribution in [0, 0.1) is 0 Å². The summed E-state index contributed by atoms with van der Waals surface area (Å²) < 4.78 is 13.3. The fourth-order valence-electron chi connectivity index (χ4n) is 10.5. The van der Waals surface area contributed by atoms with Crippen molar-refractivity contribution in [2.24, 2.45) is 0 Å². The Morgan fingerprint density at radius 3 is 2.05 bits per heavy atom. The lowest BCUT2D eigenvalue weighted by molar-refractivity contribution is 0.436. The van der Waals surface area contributed by atoms with Gasteiger partial charge in [0.25, 0.3) is 0 Å². The van der Waals surface area contributed by atoms with Crippen LogP contribution in [0.5, 0.6) is 11.5 Å². The highest BCUT2D eigenvalue weighted by Crippen LogP contribution is 2.62. The summed E-state index contributed by atoms with van der Waals surface area (Å²) in [4.78, 5) is 15.5. The molecule has 0 bridgehead atoms. The fourth-order valence-corrected chi connectivity index (χ4v) is 10.5. The molecule has 4 aliphatic rings. The molecule has 0 radical (unpaired) electrons. The van der Waals surface area contributed by atoms with Crippen LogP contribution in [0.1, 0.15) is 70.2 Å². The summed E-state index contributed by atoms with van der Waals surface area (Å²) in [6.45, 7) is 0. The average molecular weight is 810 g/mol. The van der Waals surface area contributed by atoms with Gasteiger partial charge in [0.2, 0.25) is 0 Å². The van der Waals surface area contributed by atoms with E-state index in [1.807, 2.05) is 30.3 Å². The third-order valence-corrected chi connectivity index (χ3v) is 13.4. The van der Waals surface area contributed by atoms with Crippen LogP contribution < -0.4 is 4.74 Å². The third-order valence-electron chi connectivity index (χ3n) is 13.4. The Hall–Kier alpha value is -7.89. The first-order valence-electron chi connectivity index (χ1n) is 21.8. The molecule has 3 aliphatic carbocycles. The van der Waals surface area contributed by atoms with Gasteiger partial charge in [-0.3, -0.25) is 0 Å². The van der Waals surface area contributed by atoms with Crippen molar-refractivity contribution < 1.29 is 9.15 Å². The molecule has 0 N–H and O–H groups in total. The number of allylic oxidation sites excluding steroid dienone is 8. The highest BCUT2D eigenvalue weighted by molar-refractivity contribution is 6.08. The Morgan fingerprint density at radius 1 is 0.524 bits per heavy atom. The van der Waals surface area contributed by atoms with Crippen molar-refractivity contribution in [3.63, 3.8) is 0 Å². The van der Waals surface area contributed by atoms with E-state index < -0.39 is 5.41 Å². The lowest BCUT2D eigenvalue weighted by atomic mass is 9.66. The molecule has 0 amide bonds. The van der Waals surface area contributed by atoms with Crippen LogP contribution in [0.25, 0.3) is 61.2 Å². The molecule has 7 aromatic carbocycles. The van der Waals surface area contributed by atoms with Crippen molar-refractivity contribution >= 4 is 38.7 Å². The molecule has 1 aliphatic heterocycles. The molecule has 9 aromatic rings. The van der Waals surface area contributed by atoms with E-state index in [-0.39, 0.29) is 5.92 Å². The summed E-state index contributed by atoms with van der Waals surface area (Å²) in [5.74, 6) is 3.94. The number of benzene rings is 7. The molecule has 0 fully saturated rings. The first-order chi connectivity index (χ1) is 31.2. The summed E-state index contributed by atoms with van der Waals surface area (Å²) in [6, 6.07) is 58.0. The van der Waals surface area contributed by atoms with Gasteiger partial charge >= 0.3 is 0 Å². The number of hydrogen-bond acceptors (Lipinski definition) is 5. The van der Waals surface area contributed by atoms with Gasteiger partial charge in [0, 0.05) is 38.9 Å². The van der Waals surface area contributed by atoms with Crippen molar-refractivity contribution in [1.82, 2.24) is 15.0 Å². The van der Waals surface area contributed by atoms with E-state index in [0.717, 1.165) is 103 Å². The highest BCUT2D eigenvalue weighted by atomic mass is 16.5. The number of aromatic nitrogens is 3. The van der Waals surface area contributed by atoms with Crippen LogP contribution in [0.4, 0.5) is 0 Å². The Bertz CT molecular complexity index is 3430. The zero-order valence-corrected chi connectivity index (χ0v) is 34.3. The van der Waals surface area contributed by atoms with Crippen molar-refractivity contribution in [1.29, 1.82) is 0 Å². The molecule has 0 saturated heterocycles. The number of fused-ring (bicyclic) bond motifs is 12. The monoisotopic (exact) mass is 809 g/mol. The molecule has 2 aromatic heterocycles. The zero-order chi connectivity index (χ0) is 41.5. The number of nitrogens with zero attached hydrogens (tertiary/aromatic N) is 3. The van der Waals surface area contributed by atoms with E-state index in [2.05, 4.69) is 164 Å². The van der Waals surface area contributed by atoms with Gasteiger partial charge in [0.1, 0.15) is 28.5 Å². The predicted octanol–water partition coefficient (Wildman–Crippen LogP) is 14.3. The van der Waals surface area contributed by atoms with Gasteiger partial charge in [-0.15, -0.1) is 0 Å². The maximum Gasteiger partial charge on any atom is 0.163 e. The Balaban J connectivity index is 0.870. The summed E-state index contributed by atoms with van der Waals surface area (Å²) in [5, 5.41) is 2.26. The molecule has 5 heteroatoms. The maximum absolute atomic E-state index is 6.86. The molecule has 13 rings (SSSR count). The molecule has 3 heterocycles. The van der Waals surface area contributed by atoms with Crippen molar-refractivity contribution in [3.8, 4) is 34.0 Å². The number of rotatable bonds is 5. The van der Waals surface area contributed by atoms with Crippen LogP contribution >= 0.6 is 0 Å². The smallest absolute Gasteiger partial charge is 0.163 e. The van der Waals surface area contributed by atoms with Gasteiger partial charge in [0.15, 0.2) is 11.6 Å². The lowest BCUT2D eigenvalue weighted by Crippen LogP contribution is -2.32. The molecule has 5 nitrogen and oxygen atoms in total. The van der Waals surface area contributed by atoms with Gasteiger partial charge in [-0.1, -0.05) is 170 Å². The minimum absolute atomic E-state index is 0.00844. The molecule has 0 saturated carbocycles. The Morgan fingerprint density at radius 2 is 1.22 bits per heavy atom. The number of furan rings is 1. The minimum atomic E-state index is -0.489. The first-order valence-corrected chi connectivity index (χ1v) is 21.8. The largest absolute Gasteiger partial charge is 0.457 e. The molecule has 63 heavy (non-hydrogen) atoms. The topological polar surface area (TPSA) is 61.0 Å². The second-order valence-corrected chi connectivity index (χ2v) is 16.9. The fraction of sp³-hybridized carbons (Fsp3) is 0.0862. The van der Waals surface area contributed by atoms with Crippen molar-refractivity contribution in [2.45, 2.75) is 30.6 Å². The zero-order valence-electron chi connectivity index (χ0n) is 34.3. The van der Waals surface area contributed by atoms with E-state index in [1.54, 1.807) is 0 Å². The molecular weight excluding hydrogens is 771 g/mol. The third kappa shape index (κ3) is 5.52. The molecule has 298 valence electrons. The standard InChI is InChI=1S/C58H39N3O2/c1-2-14-37(15-3-1)55-59-56(38-30-28-36(29-31-38)42-21-13-22-46-45-20-6-10-26-51(45)63-54(42)46)61-57(60-55)41-17-12-16-39(34-41)40-32-33-50-53(35-40)62-52-27-11-9-25-49(52)58(50)47-23-7-4-18-43(47)44-19-5-8-24-48(44)58/h1-11,13-16,18-30,32-35,38H,12,17,31H2/t38-/m0/s1. The molecule has 1 atom stereocenters. The van der Waals surface area contributed by atoms with E-state index in [4.69, 9.17) is 24.1 Å². The number of hydrogen-bond donors (Lipinski definition) is 0. The predicted molar refractivity (Wildman–Crippen MR) is 252 cm³/mol. The van der Waals surface area contributed by atoms with Crippen molar-refractivity contribution in [2.75, 3.05) is 0 Å². The van der Waals surface area contributed by atoms with Gasteiger partial charge in [-0.25, -0.2) is 15.0 Å². The second kappa shape index (κ2) is 14.1.